The third-order valence-corrected chi connectivity index (χ3v) is 3.57. The molecular weight excluding hydrogens is 399 g/mol. The molecule has 2 rings (SSSR count). The van der Waals surface area contributed by atoms with Gasteiger partial charge in [-0.05, 0) is 46.9 Å². The Kier molecular flexibility index (Phi) is 5.10. The number of rotatable bonds is 4. The normalized spacial score (nSPS) is 10.6. The van der Waals surface area contributed by atoms with E-state index in [0.29, 0.717) is 9.13 Å². The Labute approximate surface area is 139 Å². The molecule has 0 atom stereocenters. The molecule has 0 unspecified atom stereocenters. The van der Waals surface area contributed by atoms with Crippen LogP contribution in [0, 0.1) is 3.57 Å². The average Bonchev–Trinajstić information content (AvgIpc) is 2.51. The van der Waals surface area contributed by atoms with Gasteiger partial charge < -0.3 is 10.2 Å². The van der Waals surface area contributed by atoms with Crippen LogP contribution in [0.5, 0.6) is 5.75 Å². The minimum Gasteiger partial charge on any atom is -0.506 e. The largest absolute Gasteiger partial charge is 0.506 e. The van der Waals surface area contributed by atoms with Crippen molar-refractivity contribution in [2.75, 3.05) is 0 Å². The molecule has 2 aromatic carbocycles. The number of carbonyl (C=O) groups excluding carboxylic acids is 1. The molecule has 0 saturated carbocycles. The number of aromatic carboxylic acids is 1. The van der Waals surface area contributed by atoms with Crippen LogP contribution >= 0.6 is 22.6 Å². The summed E-state index contributed by atoms with van der Waals surface area (Å²) in [6, 6.07) is 11.1. The summed E-state index contributed by atoms with van der Waals surface area (Å²) in [5.74, 6) is -1.61. The lowest BCUT2D eigenvalue weighted by Gasteiger charge is -2.04. The van der Waals surface area contributed by atoms with Gasteiger partial charge in [0, 0.05) is 11.1 Å². The van der Waals surface area contributed by atoms with Gasteiger partial charge in [0.15, 0.2) is 0 Å². The molecule has 0 aliphatic heterocycles. The summed E-state index contributed by atoms with van der Waals surface area (Å²) in [5.41, 5.74) is 2.99. The van der Waals surface area contributed by atoms with E-state index in [-0.39, 0.29) is 16.9 Å². The van der Waals surface area contributed by atoms with Crippen molar-refractivity contribution in [3.63, 3.8) is 0 Å². The Morgan fingerprint density at radius 1 is 1.14 bits per heavy atom. The molecule has 0 aliphatic carbocycles. The molecule has 0 spiro atoms. The molecule has 3 N–H and O–H groups in total. The lowest BCUT2D eigenvalue weighted by molar-refractivity contribution is 0.0696. The van der Waals surface area contributed by atoms with Crippen molar-refractivity contribution in [1.82, 2.24) is 5.43 Å². The van der Waals surface area contributed by atoms with E-state index >= 15 is 0 Å². The molecule has 7 heteroatoms. The summed E-state index contributed by atoms with van der Waals surface area (Å²) in [4.78, 5) is 22.8. The number of nitrogens with one attached hydrogen (secondary N) is 1. The van der Waals surface area contributed by atoms with Gasteiger partial charge in [0.25, 0.3) is 5.91 Å². The number of carbonyl (C=O) groups is 2. The summed E-state index contributed by atoms with van der Waals surface area (Å²) < 4.78 is 0.383. The molecule has 0 heterocycles. The maximum atomic E-state index is 11.8. The van der Waals surface area contributed by atoms with Crippen molar-refractivity contribution >= 4 is 40.7 Å². The van der Waals surface area contributed by atoms with Crippen molar-refractivity contribution < 1.29 is 19.8 Å². The van der Waals surface area contributed by atoms with Gasteiger partial charge in [-0.3, -0.25) is 4.79 Å². The van der Waals surface area contributed by atoms with Crippen molar-refractivity contribution in [3.8, 4) is 5.75 Å². The summed E-state index contributed by atoms with van der Waals surface area (Å²) in [6.07, 6.45) is 1.20. The Morgan fingerprint density at radius 2 is 1.82 bits per heavy atom. The lowest BCUT2D eigenvalue weighted by atomic mass is 10.1. The summed E-state index contributed by atoms with van der Waals surface area (Å²) in [7, 11) is 0. The van der Waals surface area contributed by atoms with Gasteiger partial charge in [0.2, 0.25) is 0 Å². The number of phenolic OH excluding ortho intramolecular Hbond substituents is 1. The number of phenols is 1. The molecule has 0 saturated heterocycles. The van der Waals surface area contributed by atoms with Crippen molar-refractivity contribution in [2.45, 2.75) is 0 Å². The molecule has 0 bridgehead atoms. The molecule has 2 aromatic rings. The first-order valence-corrected chi connectivity index (χ1v) is 7.21. The Balaban J connectivity index is 2.17. The van der Waals surface area contributed by atoms with E-state index in [9.17, 15) is 14.7 Å². The topological polar surface area (TPSA) is 99.0 Å². The predicted molar refractivity (Wildman–Crippen MR) is 89.3 cm³/mol. The number of amides is 1. The predicted octanol–water partition coefficient (Wildman–Crippen LogP) is 2.46. The molecule has 0 fully saturated rings. The van der Waals surface area contributed by atoms with Crippen LogP contribution in [0.1, 0.15) is 26.3 Å². The van der Waals surface area contributed by atoms with Crippen LogP contribution in [0.2, 0.25) is 0 Å². The van der Waals surface area contributed by atoms with Gasteiger partial charge in [-0.2, -0.15) is 5.10 Å². The highest BCUT2D eigenvalue weighted by molar-refractivity contribution is 14.1. The van der Waals surface area contributed by atoms with E-state index in [0.717, 1.165) is 0 Å². The highest BCUT2D eigenvalue weighted by atomic mass is 127. The molecule has 22 heavy (non-hydrogen) atoms. The number of carboxylic acid groups (broad SMARTS) is 1. The number of hydrogen-bond acceptors (Lipinski definition) is 4. The number of nitrogens with zero attached hydrogens (tertiary/aromatic N) is 1. The van der Waals surface area contributed by atoms with Crippen molar-refractivity contribution in [2.24, 2.45) is 5.10 Å². The van der Waals surface area contributed by atoms with Crippen LogP contribution < -0.4 is 5.43 Å². The third-order valence-electron chi connectivity index (χ3n) is 2.75. The highest BCUT2D eigenvalue weighted by Gasteiger charge is 2.11. The molecular formula is C15H11IN2O4. The number of halogens is 1. The molecule has 0 radical (unpaired) electrons. The molecule has 112 valence electrons. The van der Waals surface area contributed by atoms with E-state index in [1.165, 1.54) is 18.3 Å². The fourth-order valence-corrected chi connectivity index (χ4v) is 2.30. The van der Waals surface area contributed by atoms with E-state index < -0.39 is 11.9 Å². The Hall–Kier alpha value is -2.42. The first-order chi connectivity index (χ1) is 10.5. The standard InChI is InChI=1S/C15H11IN2O4/c16-12-7-10(15(21)22)6-11(13(12)19)8-17-18-14(20)9-4-2-1-3-5-9/h1-8,19H,(H,18,20)(H,21,22)/b17-8+. The van der Waals surface area contributed by atoms with Gasteiger partial charge in [-0.15, -0.1) is 0 Å². The van der Waals surface area contributed by atoms with Crippen LogP contribution in [0.4, 0.5) is 0 Å². The summed E-state index contributed by atoms with van der Waals surface area (Å²) in [6.45, 7) is 0. The van der Waals surface area contributed by atoms with Crippen LogP contribution in [-0.4, -0.2) is 28.3 Å². The molecule has 6 nitrogen and oxygen atoms in total. The minimum atomic E-state index is -1.11. The van der Waals surface area contributed by atoms with E-state index in [1.54, 1.807) is 30.3 Å². The Morgan fingerprint density at radius 3 is 2.45 bits per heavy atom. The average molecular weight is 410 g/mol. The zero-order chi connectivity index (χ0) is 16.1. The SMILES string of the molecule is O=C(O)c1cc(I)c(O)c(/C=N/NC(=O)c2ccccc2)c1. The smallest absolute Gasteiger partial charge is 0.335 e. The van der Waals surface area contributed by atoms with Crippen molar-refractivity contribution in [3.05, 3.63) is 62.7 Å². The molecule has 1 amide bonds. The van der Waals surface area contributed by atoms with E-state index in [4.69, 9.17) is 5.11 Å². The van der Waals surface area contributed by atoms with Gasteiger partial charge in [-0.1, -0.05) is 18.2 Å². The lowest BCUT2D eigenvalue weighted by Crippen LogP contribution is -2.17. The maximum Gasteiger partial charge on any atom is 0.335 e. The fraction of sp³-hybridized carbons (Fsp3) is 0. The van der Waals surface area contributed by atoms with Crippen LogP contribution in [-0.2, 0) is 0 Å². The first-order valence-electron chi connectivity index (χ1n) is 6.13. The van der Waals surface area contributed by atoms with Gasteiger partial charge in [0.05, 0.1) is 15.3 Å². The van der Waals surface area contributed by atoms with Crippen LogP contribution in [0.15, 0.2) is 47.6 Å². The van der Waals surface area contributed by atoms with E-state index in [1.807, 2.05) is 22.6 Å². The van der Waals surface area contributed by atoms with Crippen molar-refractivity contribution in [1.29, 1.82) is 0 Å². The third kappa shape index (κ3) is 3.82. The number of carboxylic acids is 1. The number of hydrogen-bond donors (Lipinski definition) is 3. The van der Waals surface area contributed by atoms with Crippen LogP contribution in [0.25, 0.3) is 0 Å². The fourth-order valence-electron chi connectivity index (χ4n) is 1.66. The number of hydrazone groups is 1. The first kappa shape index (κ1) is 16.0. The second-order valence-corrected chi connectivity index (χ2v) is 5.43. The summed E-state index contributed by atoms with van der Waals surface area (Å²) >= 11 is 1.82. The van der Waals surface area contributed by atoms with Gasteiger partial charge >= 0.3 is 5.97 Å². The van der Waals surface area contributed by atoms with E-state index in [2.05, 4.69) is 10.5 Å². The number of benzene rings is 2. The second kappa shape index (κ2) is 7.03. The Bertz CT molecular complexity index is 745. The van der Waals surface area contributed by atoms with Crippen LogP contribution in [0.3, 0.4) is 0 Å². The monoisotopic (exact) mass is 410 g/mol. The maximum absolute atomic E-state index is 11.8. The zero-order valence-electron chi connectivity index (χ0n) is 11.2. The second-order valence-electron chi connectivity index (χ2n) is 4.27. The highest BCUT2D eigenvalue weighted by Crippen LogP contribution is 2.25. The molecule has 0 aliphatic rings. The molecule has 0 aromatic heterocycles. The summed E-state index contributed by atoms with van der Waals surface area (Å²) in [5, 5.41) is 22.6. The number of aromatic hydroxyl groups is 1. The quantitative estimate of drug-likeness (QED) is 0.410. The van der Waals surface area contributed by atoms with Gasteiger partial charge in [0.1, 0.15) is 5.75 Å². The zero-order valence-corrected chi connectivity index (χ0v) is 13.3. The minimum absolute atomic E-state index is 0.0260. The van der Waals surface area contributed by atoms with Gasteiger partial charge in [-0.25, -0.2) is 10.2 Å².